The van der Waals surface area contributed by atoms with Gasteiger partial charge in [-0.1, -0.05) is 23.7 Å². The van der Waals surface area contributed by atoms with Gasteiger partial charge in [0.25, 0.3) is 0 Å². The third kappa shape index (κ3) is 4.95. The van der Waals surface area contributed by atoms with Crippen LogP contribution in [0.1, 0.15) is 31.4 Å². The topological polar surface area (TPSA) is 49.4 Å². The van der Waals surface area contributed by atoms with Crippen molar-refractivity contribution >= 4 is 21.6 Å². The number of piperidine rings is 1. The van der Waals surface area contributed by atoms with E-state index in [2.05, 4.69) is 12.2 Å². The molecule has 1 aliphatic heterocycles. The van der Waals surface area contributed by atoms with Crippen LogP contribution < -0.4 is 5.32 Å². The fraction of sp³-hybridized carbons (Fsp3) is 0.600. The molecule has 6 heteroatoms. The summed E-state index contributed by atoms with van der Waals surface area (Å²) in [4.78, 5) is 0. The van der Waals surface area contributed by atoms with Crippen LogP contribution in [0.5, 0.6) is 0 Å². The number of benzene rings is 1. The second-order valence-electron chi connectivity index (χ2n) is 5.81. The fourth-order valence-corrected chi connectivity index (χ4v) is 3.87. The van der Waals surface area contributed by atoms with E-state index in [-0.39, 0.29) is 6.04 Å². The zero-order valence-corrected chi connectivity index (χ0v) is 14.1. The average molecular weight is 331 g/mol. The number of nitrogens with one attached hydrogen (secondary N) is 1. The van der Waals surface area contributed by atoms with Crippen LogP contribution in [0.25, 0.3) is 0 Å². The van der Waals surface area contributed by atoms with Gasteiger partial charge in [-0.25, -0.2) is 12.7 Å². The zero-order chi connectivity index (χ0) is 15.5. The number of halogens is 1. The van der Waals surface area contributed by atoms with Gasteiger partial charge < -0.3 is 5.32 Å². The molecule has 0 bridgehead atoms. The van der Waals surface area contributed by atoms with Gasteiger partial charge in [-0.2, -0.15) is 0 Å². The molecule has 0 saturated carbocycles. The maximum atomic E-state index is 11.6. The smallest absolute Gasteiger partial charge is 0.211 e. The number of hydrogen-bond donors (Lipinski definition) is 1. The van der Waals surface area contributed by atoms with Crippen molar-refractivity contribution in [3.8, 4) is 0 Å². The van der Waals surface area contributed by atoms with Crippen molar-refractivity contribution in [3.05, 3.63) is 34.9 Å². The van der Waals surface area contributed by atoms with Gasteiger partial charge in [-0.05, 0) is 49.9 Å². The van der Waals surface area contributed by atoms with Crippen molar-refractivity contribution in [2.75, 3.05) is 25.9 Å². The Morgan fingerprint density at radius 2 is 2.24 bits per heavy atom. The van der Waals surface area contributed by atoms with Gasteiger partial charge in [-0.15, -0.1) is 0 Å². The molecule has 1 N–H and O–H groups in total. The van der Waals surface area contributed by atoms with Crippen LogP contribution in [0.2, 0.25) is 5.02 Å². The Hall–Kier alpha value is -0.620. The van der Waals surface area contributed by atoms with Crippen LogP contribution in [0.3, 0.4) is 0 Å². The summed E-state index contributed by atoms with van der Waals surface area (Å²) in [6.07, 6.45) is 3.30. The first-order valence-corrected chi connectivity index (χ1v) is 9.53. The number of nitrogens with zero attached hydrogens (tertiary/aromatic N) is 1. The first-order chi connectivity index (χ1) is 9.86. The Morgan fingerprint density at radius 3 is 2.90 bits per heavy atom. The second kappa shape index (κ2) is 7.09. The summed E-state index contributed by atoms with van der Waals surface area (Å²) in [7, 11) is -3.07. The minimum absolute atomic E-state index is 0.206. The molecule has 0 radical (unpaired) electrons. The second-order valence-corrected chi connectivity index (χ2v) is 8.23. The molecule has 2 unspecified atom stereocenters. The SMILES string of the molecule is CC(NCC1CCCN(S(C)(=O)=O)C1)c1cccc(Cl)c1. The lowest BCUT2D eigenvalue weighted by Gasteiger charge is -2.31. The summed E-state index contributed by atoms with van der Waals surface area (Å²) in [6, 6.07) is 8.03. The van der Waals surface area contributed by atoms with Crippen molar-refractivity contribution in [3.63, 3.8) is 0 Å². The van der Waals surface area contributed by atoms with E-state index in [9.17, 15) is 8.42 Å². The normalized spacial score (nSPS) is 22.1. The molecule has 118 valence electrons. The van der Waals surface area contributed by atoms with Crippen LogP contribution in [-0.2, 0) is 10.0 Å². The summed E-state index contributed by atoms with van der Waals surface area (Å²) < 4.78 is 24.8. The Bertz CT molecular complexity index is 577. The van der Waals surface area contributed by atoms with Gasteiger partial charge in [0.05, 0.1) is 6.26 Å². The van der Waals surface area contributed by atoms with Crippen molar-refractivity contribution in [2.24, 2.45) is 5.92 Å². The van der Waals surface area contributed by atoms with Gasteiger partial charge in [0.15, 0.2) is 0 Å². The van der Waals surface area contributed by atoms with E-state index in [0.717, 1.165) is 30.0 Å². The van der Waals surface area contributed by atoms with Crippen LogP contribution in [0.4, 0.5) is 0 Å². The van der Waals surface area contributed by atoms with Crippen molar-refractivity contribution in [1.82, 2.24) is 9.62 Å². The zero-order valence-electron chi connectivity index (χ0n) is 12.5. The van der Waals surface area contributed by atoms with E-state index in [1.807, 2.05) is 24.3 Å². The van der Waals surface area contributed by atoms with Crippen molar-refractivity contribution in [1.29, 1.82) is 0 Å². The van der Waals surface area contributed by atoms with Crippen LogP contribution in [0, 0.1) is 5.92 Å². The first kappa shape index (κ1) is 16.7. The number of hydrogen-bond acceptors (Lipinski definition) is 3. The van der Waals surface area contributed by atoms with Gasteiger partial charge in [-0.3, -0.25) is 0 Å². The minimum atomic E-state index is -3.07. The van der Waals surface area contributed by atoms with Crippen molar-refractivity contribution < 1.29 is 8.42 Å². The molecular formula is C15H23ClN2O2S. The molecule has 1 saturated heterocycles. The number of sulfonamides is 1. The Balaban J connectivity index is 1.88. The molecule has 0 aliphatic carbocycles. The Kier molecular flexibility index (Phi) is 5.66. The summed E-state index contributed by atoms with van der Waals surface area (Å²) in [5.41, 5.74) is 1.15. The lowest BCUT2D eigenvalue weighted by atomic mass is 9.99. The average Bonchev–Trinajstić information content (AvgIpc) is 2.44. The van der Waals surface area contributed by atoms with E-state index >= 15 is 0 Å². The largest absolute Gasteiger partial charge is 0.310 e. The highest BCUT2D eigenvalue weighted by Gasteiger charge is 2.25. The lowest BCUT2D eigenvalue weighted by molar-refractivity contribution is 0.257. The lowest BCUT2D eigenvalue weighted by Crippen LogP contribution is -2.42. The molecule has 0 spiro atoms. The molecular weight excluding hydrogens is 308 g/mol. The van der Waals surface area contributed by atoms with Crippen LogP contribution >= 0.6 is 11.6 Å². The maximum Gasteiger partial charge on any atom is 0.211 e. The molecule has 1 aromatic rings. The first-order valence-electron chi connectivity index (χ1n) is 7.30. The molecule has 0 amide bonds. The van der Waals surface area contributed by atoms with Gasteiger partial charge in [0, 0.05) is 24.2 Å². The molecule has 2 atom stereocenters. The molecule has 1 aliphatic rings. The third-order valence-electron chi connectivity index (χ3n) is 4.01. The maximum absolute atomic E-state index is 11.6. The monoisotopic (exact) mass is 330 g/mol. The van der Waals surface area contributed by atoms with E-state index in [0.29, 0.717) is 19.0 Å². The number of rotatable bonds is 5. The van der Waals surface area contributed by atoms with E-state index in [1.54, 1.807) is 4.31 Å². The molecule has 1 heterocycles. The predicted octanol–water partition coefficient (Wildman–Crippen LogP) is 2.66. The molecule has 2 rings (SSSR count). The Morgan fingerprint density at radius 1 is 1.48 bits per heavy atom. The predicted molar refractivity (Wildman–Crippen MR) is 87.0 cm³/mol. The summed E-state index contributed by atoms with van der Waals surface area (Å²) in [5, 5.41) is 4.23. The molecule has 21 heavy (non-hydrogen) atoms. The quantitative estimate of drug-likeness (QED) is 0.903. The molecule has 0 aromatic heterocycles. The minimum Gasteiger partial charge on any atom is -0.310 e. The van der Waals surface area contributed by atoms with E-state index in [1.165, 1.54) is 6.26 Å². The van der Waals surface area contributed by atoms with Crippen LogP contribution in [0.15, 0.2) is 24.3 Å². The molecule has 1 fully saturated rings. The highest BCUT2D eigenvalue weighted by molar-refractivity contribution is 7.88. The van der Waals surface area contributed by atoms with Crippen molar-refractivity contribution in [2.45, 2.75) is 25.8 Å². The van der Waals surface area contributed by atoms with E-state index in [4.69, 9.17) is 11.6 Å². The summed E-state index contributed by atoms with van der Waals surface area (Å²) in [6.45, 7) is 4.19. The fourth-order valence-electron chi connectivity index (χ4n) is 2.73. The van der Waals surface area contributed by atoms with Gasteiger partial charge in [0.2, 0.25) is 10.0 Å². The summed E-state index contributed by atoms with van der Waals surface area (Å²) in [5.74, 6) is 0.370. The summed E-state index contributed by atoms with van der Waals surface area (Å²) >= 11 is 6.01. The molecule has 4 nitrogen and oxygen atoms in total. The Labute approximate surface area is 132 Å². The third-order valence-corrected chi connectivity index (χ3v) is 5.52. The standard InChI is InChI=1S/C15H23ClN2O2S/c1-12(14-6-3-7-15(16)9-14)17-10-13-5-4-8-18(11-13)21(2,19)20/h3,6-7,9,12-13,17H,4-5,8,10-11H2,1-2H3. The highest BCUT2D eigenvalue weighted by Crippen LogP contribution is 2.21. The van der Waals surface area contributed by atoms with Crippen LogP contribution in [-0.4, -0.2) is 38.6 Å². The van der Waals surface area contributed by atoms with E-state index < -0.39 is 10.0 Å². The highest BCUT2D eigenvalue weighted by atomic mass is 35.5. The van der Waals surface area contributed by atoms with Gasteiger partial charge >= 0.3 is 0 Å². The molecule has 1 aromatic carbocycles. The van der Waals surface area contributed by atoms with Gasteiger partial charge in [0.1, 0.15) is 0 Å².